The van der Waals surface area contributed by atoms with E-state index in [4.69, 9.17) is 4.74 Å². The van der Waals surface area contributed by atoms with Crippen molar-refractivity contribution in [2.75, 3.05) is 5.75 Å². The highest BCUT2D eigenvalue weighted by Crippen LogP contribution is 2.22. The zero-order valence-corrected chi connectivity index (χ0v) is 18.9. The summed E-state index contributed by atoms with van der Waals surface area (Å²) in [6, 6.07) is 27.3. The smallest absolute Gasteiger partial charge is 0.250 e. The van der Waals surface area contributed by atoms with Crippen LogP contribution in [0.25, 0.3) is 11.4 Å². The highest BCUT2D eigenvalue weighted by atomic mass is 32.2. The van der Waals surface area contributed by atoms with E-state index in [1.54, 1.807) is 6.21 Å². The normalized spacial score (nSPS) is 10.9. The molecule has 8 heteroatoms. The SMILES string of the molecule is Cn1c(SCC(=O)N/N=C/c2ccc(OCc3ccccc3)cc2)nnc1-c1ccccc1. The Bertz CT molecular complexity index is 1210. The lowest BCUT2D eigenvalue weighted by atomic mass is 10.2. The highest BCUT2D eigenvalue weighted by Gasteiger charge is 2.12. The Morgan fingerprint density at radius 3 is 2.42 bits per heavy atom. The van der Waals surface area contributed by atoms with Crippen LogP contribution in [0.2, 0.25) is 0 Å². The van der Waals surface area contributed by atoms with Crippen molar-refractivity contribution in [2.24, 2.45) is 12.1 Å². The summed E-state index contributed by atoms with van der Waals surface area (Å²) < 4.78 is 7.65. The number of nitrogens with one attached hydrogen (secondary N) is 1. The number of carbonyl (C=O) groups is 1. The second-order valence-corrected chi connectivity index (χ2v) is 8.10. The molecule has 33 heavy (non-hydrogen) atoms. The van der Waals surface area contributed by atoms with Gasteiger partial charge in [-0.05, 0) is 35.4 Å². The number of thioether (sulfide) groups is 1. The van der Waals surface area contributed by atoms with Crippen molar-refractivity contribution in [3.8, 4) is 17.1 Å². The van der Waals surface area contributed by atoms with Crippen molar-refractivity contribution in [1.82, 2.24) is 20.2 Å². The Kier molecular flexibility index (Phi) is 7.50. The third-order valence-corrected chi connectivity index (χ3v) is 5.75. The fourth-order valence-corrected chi connectivity index (χ4v) is 3.71. The zero-order valence-electron chi connectivity index (χ0n) is 18.1. The van der Waals surface area contributed by atoms with Crippen LogP contribution >= 0.6 is 11.8 Å². The molecule has 1 N–H and O–H groups in total. The van der Waals surface area contributed by atoms with Crippen molar-refractivity contribution in [2.45, 2.75) is 11.8 Å². The van der Waals surface area contributed by atoms with Crippen LogP contribution in [0.5, 0.6) is 5.75 Å². The zero-order chi connectivity index (χ0) is 22.9. The molecular formula is C25H23N5O2S. The van der Waals surface area contributed by atoms with Gasteiger partial charge >= 0.3 is 0 Å². The first-order chi connectivity index (χ1) is 16.2. The molecule has 1 aromatic heterocycles. The number of carbonyl (C=O) groups excluding carboxylic acids is 1. The van der Waals surface area contributed by atoms with Gasteiger partial charge in [0.1, 0.15) is 12.4 Å². The van der Waals surface area contributed by atoms with Gasteiger partial charge in [0, 0.05) is 12.6 Å². The molecule has 7 nitrogen and oxygen atoms in total. The minimum Gasteiger partial charge on any atom is -0.489 e. The van der Waals surface area contributed by atoms with Crippen LogP contribution < -0.4 is 10.2 Å². The van der Waals surface area contributed by atoms with Crippen LogP contribution in [-0.2, 0) is 18.4 Å². The van der Waals surface area contributed by atoms with E-state index in [2.05, 4.69) is 20.7 Å². The second-order valence-electron chi connectivity index (χ2n) is 7.16. The molecule has 0 bridgehead atoms. The summed E-state index contributed by atoms with van der Waals surface area (Å²) in [6.07, 6.45) is 1.60. The van der Waals surface area contributed by atoms with E-state index in [0.717, 1.165) is 28.3 Å². The molecule has 0 radical (unpaired) electrons. The van der Waals surface area contributed by atoms with E-state index in [0.29, 0.717) is 11.8 Å². The first-order valence-electron chi connectivity index (χ1n) is 10.4. The van der Waals surface area contributed by atoms with Gasteiger partial charge in [-0.25, -0.2) is 5.43 Å². The predicted octanol–water partition coefficient (Wildman–Crippen LogP) is 4.30. The van der Waals surface area contributed by atoms with Gasteiger partial charge in [-0.2, -0.15) is 5.10 Å². The molecule has 0 unspecified atom stereocenters. The van der Waals surface area contributed by atoms with Crippen molar-refractivity contribution < 1.29 is 9.53 Å². The summed E-state index contributed by atoms with van der Waals surface area (Å²) in [5.74, 6) is 1.50. The quantitative estimate of drug-likeness (QED) is 0.230. The van der Waals surface area contributed by atoms with Crippen LogP contribution in [-0.4, -0.2) is 32.6 Å². The van der Waals surface area contributed by atoms with Gasteiger partial charge in [0.2, 0.25) is 0 Å². The second kappa shape index (κ2) is 11.1. The highest BCUT2D eigenvalue weighted by molar-refractivity contribution is 7.99. The molecule has 0 aliphatic heterocycles. The van der Waals surface area contributed by atoms with Crippen LogP contribution in [0.1, 0.15) is 11.1 Å². The molecule has 3 aromatic carbocycles. The van der Waals surface area contributed by atoms with Gasteiger partial charge in [0.05, 0.1) is 12.0 Å². The maximum atomic E-state index is 12.1. The molecule has 1 heterocycles. The van der Waals surface area contributed by atoms with Gasteiger partial charge in [-0.1, -0.05) is 72.4 Å². The number of hydrogen-bond acceptors (Lipinski definition) is 6. The van der Waals surface area contributed by atoms with E-state index in [1.807, 2.05) is 96.5 Å². The Morgan fingerprint density at radius 1 is 1.00 bits per heavy atom. The summed E-state index contributed by atoms with van der Waals surface area (Å²) in [5.41, 5.74) is 5.49. The average Bonchev–Trinajstić information content (AvgIpc) is 3.23. The number of rotatable bonds is 9. The topological polar surface area (TPSA) is 81.4 Å². The van der Waals surface area contributed by atoms with E-state index in [-0.39, 0.29) is 11.7 Å². The van der Waals surface area contributed by atoms with Crippen molar-refractivity contribution in [3.63, 3.8) is 0 Å². The first kappa shape index (κ1) is 22.3. The molecule has 4 rings (SSSR count). The number of amides is 1. The molecular weight excluding hydrogens is 434 g/mol. The Hall–Kier alpha value is -3.91. The van der Waals surface area contributed by atoms with Crippen LogP contribution in [0, 0.1) is 0 Å². The maximum absolute atomic E-state index is 12.1. The molecule has 0 saturated carbocycles. The maximum Gasteiger partial charge on any atom is 0.250 e. The van der Waals surface area contributed by atoms with Crippen molar-refractivity contribution in [1.29, 1.82) is 0 Å². The predicted molar refractivity (Wildman–Crippen MR) is 130 cm³/mol. The van der Waals surface area contributed by atoms with Crippen LogP contribution in [0.4, 0.5) is 0 Å². The van der Waals surface area contributed by atoms with Gasteiger partial charge in [0.25, 0.3) is 5.91 Å². The third kappa shape index (κ3) is 6.30. The molecule has 0 spiro atoms. The van der Waals surface area contributed by atoms with E-state index in [9.17, 15) is 4.79 Å². The first-order valence-corrected chi connectivity index (χ1v) is 11.3. The number of hydrogen-bond donors (Lipinski definition) is 1. The van der Waals surface area contributed by atoms with Crippen LogP contribution in [0.3, 0.4) is 0 Å². The van der Waals surface area contributed by atoms with E-state index in [1.165, 1.54) is 11.8 Å². The van der Waals surface area contributed by atoms with Gasteiger partial charge in [0.15, 0.2) is 11.0 Å². The molecule has 1 amide bonds. The molecule has 0 atom stereocenters. The molecule has 4 aromatic rings. The number of ether oxygens (including phenoxy) is 1. The number of nitrogens with zero attached hydrogens (tertiary/aromatic N) is 4. The summed E-state index contributed by atoms with van der Waals surface area (Å²) in [6.45, 7) is 0.514. The lowest BCUT2D eigenvalue weighted by molar-refractivity contribution is -0.118. The van der Waals surface area contributed by atoms with E-state index < -0.39 is 0 Å². The largest absolute Gasteiger partial charge is 0.489 e. The fraction of sp³-hybridized carbons (Fsp3) is 0.120. The fourth-order valence-electron chi connectivity index (χ4n) is 3.01. The number of benzene rings is 3. The van der Waals surface area contributed by atoms with Gasteiger partial charge < -0.3 is 9.30 Å². The van der Waals surface area contributed by atoms with E-state index >= 15 is 0 Å². The molecule has 0 saturated heterocycles. The van der Waals surface area contributed by atoms with Gasteiger partial charge in [-0.3, -0.25) is 4.79 Å². The minimum atomic E-state index is -0.219. The third-order valence-electron chi connectivity index (χ3n) is 4.73. The Balaban J connectivity index is 1.23. The Morgan fingerprint density at radius 2 is 1.70 bits per heavy atom. The summed E-state index contributed by atoms with van der Waals surface area (Å²) in [7, 11) is 1.88. The number of hydrazone groups is 1. The van der Waals surface area contributed by atoms with Crippen molar-refractivity contribution >= 4 is 23.9 Å². The molecule has 0 aliphatic rings. The Labute approximate surface area is 196 Å². The molecule has 0 aliphatic carbocycles. The van der Waals surface area contributed by atoms with Crippen LogP contribution in [0.15, 0.2) is 95.2 Å². The minimum absolute atomic E-state index is 0.185. The lowest BCUT2D eigenvalue weighted by Crippen LogP contribution is -2.19. The molecule has 166 valence electrons. The lowest BCUT2D eigenvalue weighted by Gasteiger charge is -2.06. The number of aromatic nitrogens is 3. The summed E-state index contributed by atoms with van der Waals surface area (Å²) in [4.78, 5) is 12.1. The van der Waals surface area contributed by atoms with Crippen molar-refractivity contribution in [3.05, 3.63) is 96.1 Å². The standard InChI is InChI=1S/C25H23N5O2S/c1-30-24(21-10-6-3-7-11-21)28-29-25(30)33-18-23(31)27-26-16-19-12-14-22(15-13-19)32-17-20-8-4-2-5-9-20/h2-16H,17-18H2,1H3,(H,27,31)/b26-16+. The summed E-state index contributed by atoms with van der Waals surface area (Å²) >= 11 is 1.31. The summed E-state index contributed by atoms with van der Waals surface area (Å²) in [5, 5.41) is 13.1. The monoisotopic (exact) mass is 457 g/mol. The van der Waals surface area contributed by atoms with Gasteiger partial charge in [-0.15, -0.1) is 10.2 Å². The molecule has 0 fully saturated rings. The average molecular weight is 458 g/mol.